The van der Waals surface area contributed by atoms with Crippen molar-refractivity contribution in [2.24, 2.45) is 0 Å². The van der Waals surface area contributed by atoms with Crippen LogP contribution in [0.3, 0.4) is 0 Å². The van der Waals surface area contributed by atoms with Crippen molar-refractivity contribution in [3.63, 3.8) is 0 Å². The zero-order chi connectivity index (χ0) is 8.27. The highest BCUT2D eigenvalue weighted by atomic mass is 16.5. The molecular weight excluding hydrogens is 140 g/mol. The molecule has 3 nitrogen and oxygen atoms in total. The van der Waals surface area contributed by atoms with Crippen LogP contribution in [0.2, 0.25) is 0 Å². The fourth-order valence-electron chi connectivity index (χ4n) is 0.930. The Kier molecular flexibility index (Phi) is 2.41. The van der Waals surface area contributed by atoms with Crippen molar-refractivity contribution >= 4 is 0 Å². The third-order valence-corrected chi connectivity index (χ3v) is 1.50. The minimum Gasteiger partial charge on any atom is -0.493 e. The van der Waals surface area contributed by atoms with E-state index < -0.39 is 0 Å². The second-order valence-corrected chi connectivity index (χ2v) is 2.29. The Hall–Kier alpha value is -1.12. The van der Waals surface area contributed by atoms with Crippen LogP contribution in [0.1, 0.15) is 18.4 Å². The van der Waals surface area contributed by atoms with E-state index in [1.54, 1.807) is 13.3 Å². The zero-order valence-electron chi connectivity index (χ0n) is 7.09. The van der Waals surface area contributed by atoms with Crippen LogP contribution >= 0.6 is 0 Å². The lowest BCUT2D eigenvalue weighted by atomic mass is 10.3. The summed E-state index contributed by atoms with van der Waals surface area (Å²) in [6.45, 7) is 3.92. The third kappa shape index (κ3) is 1.67. The lowest BCUT2D eigenvalue weighted by Gasteiger charge is -2.04. The molecule has 0 amide bonds. The molecule has 0 atom stereocenters. The Bertz CT molecular complexity index is 248. The van der Waals surface area contributed by atoms with Crippen LogP contribution in [0.4, 0.5) is 0 Å². The van der Waals surface area contributed by atoms with Crippen molar-refractivity contribution in [2.75, 3.05) is 7.11 Å². The number of hydrogen-bond donors (Lipinski definition) is 0. The molecule has 0 aliphatic rings. The van der Waals surface area contributed by atoms with Gasteiger partial charge in [0.05, 0.1) is 19.0 Å². The van der Waals surface area contributed by atoms with Crippen LogP contribution in [-0.4, -0.2) is 17.1 Å². The molecule has 1 rings (SSSR count). The highest BCUT2D eigenvalue weighted by Gasteiger charge is 2.01. The SMILES string of the molecule is CCc1nc(C)ncc1OC. The molecule has 0 aromatic carbocycles. The molecule has 1 heterocycles. The van der Waals surface area contributed by atoms with Crippen LogP contribution in [0.5, 0.6) is 5.75 Å². The van der Waals surface area contributed by atoms with Crippen molar-refractivity contribution < 1.29 is 4.74 Å². The Morgan fingerprint density at radius 1 is 1.55 bits per heavy atom. The second-order valence-electron chi connectivity index (χ2n) is 2.29. The van der Waals surface area contributed by atoms with E-state index in [1.807, 2.05) is 13.8 Å². The maximum Gasteiger partial charge on any atom is 0.158 e. The number of hydrogen-bond acceptors (Lipinski definition) is 3. The highest BCUT2D eigenvalue weighted by molar-refractivity contribution is 5.24. The molecule has 3 heteroatoms. The van der Waals surface area contributed by atoms with E-state index >= 15 is 0 Å². The summed E-state index contributed by atoms with van der Waals surface area (Å²) in [6.07, 6.45) is 2.59. The van der Waals surface area contributed by atoms with Gasteiger partial charge in [0.2, 0.25) is 0 Å². The van der Waals surface area contributed by atoms with Crippen LogP contribution in [-0.2, 0) is 6.42 Å². The molecule has 11 heavy (non-hydrogen) atoms. The van der Waals surface area contributed by atoms with Crippen LogP contribution in [0, 0.1) is 6.92 Å². The fraction of sp³-hybridized carbons (Fsp3) is 0.500. The van der Waals surface area contributed by atoms with Gasteiger partial charge in [-0.2, -0.15) is 0 Å². The molecule has 0 unspecified atom stereocenters. The first kappa shape index (κ1) is 7.98. The van der Waals surface area contributed by atoms with Gasteiger partial charge in [-0.3, -0.25) is 0 Å². The molecule has 0 bridgehead atoms. The fourth-order valence-corrected chi connectivity index (χ4v) is 0.930. The van der Waals surface area contributed by atoms with E-state index in [-0.39, 0.29) is 0 Å². The molecule has 0 saturated carbocycles. The average molecular weight is 152 g/mol. The van der Waals surface area contributed by atoms with E-state index in [9.17, 15) is 0 Å². The minimum atomic E-state index is 0.776. The molecular formula is C8H12N2O. The molecule has 0 aliphatic heterocycles. The normalized spacial score (nSPS) is 9.73. The Balaban J connectivity index is 3.06. The number of nitrogens with zero attached hydrogens (tertiary/aromatic N) is 2. The Morgan fingerprint density at radius 3 is 2.82 bits per heavy atom. The van der Waals surface area contributed by atoms with Gasteiger partial charge in [-0.1, -0.05) is 6.92 Å². The van der Waals surface area contributed by atoms with E-state index in [0.29, 0.717) is 0 Å². The first-order chi connectivity index (χ1) is 5.27. The maximum absolute atomic E-state index is 5.07. The molecule has 1 aromatic rings. The third-order valence-electron chi connectivity index (χ3n) is 1.50. The van der Waals surface area contributed by atoms with Crippen molar-refractivity contribution in [1.29, 1.82) is 0 Å². The van der Waals surface area contributed by atoms with Gasteiger partial charge in [-0.25, -0.2) is 9.97 Å². The predicted octanol–water partition coefficient (Wildman–Crippen LogP) is 1.36. The summed E-state index contributed by atoms with van der Waals surface area (Å²) < 4.78 is 5.07. The van der Waals surface area contributed by atoms with Crippen molar-refractivity contribution in [2.45, 2.75) is 20.3 Å². The van der Waals surface area contributed by atoms with Gasteiger partial charge in [0.25, 0.3) is 0 Å². The number of methoxy groups -OCH3 is 1. The Labute approximate surface area is 66.4 Å². The summed E-state index contributed by atoms with van der Waals surface area (Å²) in [7, 11) is 1.63. The number of aryl methyl sites for hydroxylation is 2. The monoisotopic (exact) mass is 152 g/mol. The van der Waals surface area contributed by atoms with E-state index in [0.717, 1.165) is 23.7 Å². The van der Waals surface area contributed by atoms with Gasteiger partial charge in [0, 0.05) is 0 Å². The summed E-state index contributed by atoms with van der Waals surface area (Å²) in [6, 6.07) is 0. The summed E-state index contributed by atoms with van der Waals surface area (Å²) in [5, 5.41) is 0. The van der Waals surface area contributed by atoms with Gasteiger partial charge >= 0.3 is 0 Å². The van der Waals surface area contributed by atoms with E-state index in [4.69, 9.17) is 4.74 Å². The van der Waals surface area contributed by atoms with Gasteiger partial charge < -0.3 is 4.74 Å². The van der Waals surface area contributed by atoms with Crippen molar-refractivity contribution in [1.82, 2.24) is 9.97 Å². The van der Waals surface area contributed by atoms with Gasteiger partial charge in [0.1, 0.15) is 5.82 Å². The molecule has 0 N–H and O–H groups in total. The first-order valence-corrected chi connectivity index (χ1v) is 3.64. The van der Waals surface area contributed by atoms with Crippen molar-refractivity contribution in [3.05, 3.63) is 17.7 Å². The largest absolute Gasteiger partial charge is 0.493 e. The van der Waals surface area contributed by atoms with E-state index in [2.05, 4.69) is 9.97 Å². The molecule has 60 valence electrons. The molecule has 0 saturated heterocycles. The second kappa shape index (κ2) is 3.32. The van der Waals surface area contributed by atoms with Gasteiger partial charge in [-0.05, 0) is 13.3 Å². The van der Waals surface area contributed by atoms with Crippen LogP contribution in [0.15, 0.2) is 6.20 Å². The topological polar surface area (TPSA) is 35.0 Å². The minimum absolute atomic E-state index is 0.776. The summed E-state index contributed by atoms with van der Waals surface area (Å²) in [5.41, 5.74) is 0.972. The van der Waals surface area contributed by atoms with E-state index in [1.165, 1.54) is 0 Å². The predicted molar refractivity (Wildman–Crippen MR) is 42.7 cm³/mol. The molecule has 0 radical (unpaired) electrons. The molecule has 0 spiro atoms. The highest BCUT2D eigenvalue weighted by Crippen LogP contribution is 2.13. The molecule has 1 aromatic heterocycles. The lowest BCUT2D eigenvalue weighted by molar-refractivity contribution is 0.404. The maximum atomic E-state index is 5.07. The van der Waals surface area contributed by atoms with Gasteiger partial charge in [0.15, 0.2) is 5.75 Å². The number of rotatable bonds is 2. The lowest BCUT2D eigenvalue weighted by Crippen LogP contribution is -1.97. The summed E-state index contributed by atoms with van der Waals surface area (Å²) >= 11 is 0. The Morgan fingerprint density at radius 2 is 2.27 bits per heavy atom. The summed E-state index contributed by atoms with van der Waals surface area (Å²) in [4.78, 5) is 8.25. The zero-order valence-corrected chi connectivity index (χ0v) is 7.09. The first-order valence-electron chi connectivity index (χ1n) is 3.64. The summed E-state index contributed by atoms with van der Waals surface area (Å²) in [5.74, 6) is 1.57. The van der Waals surface area contributed by atoms with Crippen LogP contribution in [0.25, 0.3) is 0 Å². The molecule has 0 fully saturated rings. The number of aromatic nitrogens is 2. The van der Waals surface area contributed by atoms with Crippen LogP contribution < -0.4 is 4.74 Å². The number of ether oxygens (including phenoxy) is 1. The standard InChI is InChI=1S/C8H12N2O/c1-4-7-8(11-3)5-9-6(2)10-7/h5H,4H2,1-3H3. The average Bonchev–Trinajstić information content (AvgIpc) is 2.04. The molecule has 0 aliphatic carbocycles. The smallest absolute Gasteiger partial charge is 0.158 e. The van der Waals surface area contributed by atoms with Crippen molar-refractivity contribution in [3.8, 4) is 5.75 Å². The van der Waals surface area contributed by atoms with Gasteiger partial charge in [-0.15, -0.1) is 0 Å². The quantitative estimate of drug-likeness (QED) is 0.641.